The Morgan fingerprint density at radius 2 is 2.15 bits per heavy atom. The highest BCUT2D eigenvalue weighted by Crippen LogP contribution is 2.17. The molecule has 1 aromatic carbocycles. The second kappa shape index (κ2) is 5.10. The summed E-state index contributed by atoms with van der Waals surface area (Å²) in [5.41, 5.74) is 7.89. The number of carboxylic acid groups (broad SMARTS) is 1. The molecule has 3 rings (SSSR count). The second-order valence-corrected chi connectivity index (χ2v) is 4.32. The molecule has 2 heterocycles. The smallest absolute Gasteiger partial charge is 0.335 e. The number of nitrogens with zero attached hydrogens (tertiary/aromatic N) is 2. The van der Waals surface area contributed by atoms with Gasteiger partial charge in [-0.3, -0.25) is 4.98 Å². The van der Waals surface area contributed by atoms with Crippen LogP contribution in [-0.4, -0.2) is 21.9 Å². The Morgan fingerprint density at radius 1 is 1.25 bits per heavy atom. The number of hydrogen-bond donors (Lipinski definition) is 3. The van der Waals surface area contributed by atoms with Crippen molar-refractivity contribution in [2.45, 2.75) is 6.17 Å². The molecule has 0 spiro atoms. The molecule has 0 saturated heterocycles. The van der Waals surface area contributed by atoms with Crippen LogP contribution in [0, 0.1) is 0 Å². The first-order valence-electron chi connectivity index (χ1n) is 6.07. The highest BCUT2D eigenvalue weighted by atomic mass is 16.4. The summed E-state index contributed by atoms with van der Waals surface area (Å²) in [5, 5.41) is 9.00. The number of aromatic carboxylic acids is 1. The first kappa shape index (κ1) is 12.3. The number of aromatic nitrogens is 1. The van der Waals surface area contributed by atoms with Gasteiger partial charge in [0, 0.05) is 23.5 Å². The maximum atomic E-state index is 11.0. The number of nitrogens with one attached hydrogen (secondary N) is 2. The van der Waals surface area contributed by atoms with E-state index < -0.39 is 5.97 Å². The van der Waals surface area contributed by atoms with E-state index in [1.54, 1.807) is 30.6 Å². The molecule has 6 nitrogen and oxygen atoms in total. The fourth-order valence-electron chi connectivity index (χ4n) is 1.97. The van der Waals surface area contributed by atoms with Crippen molar-refractivity contribution in [3.8, 4) is 0 Å². The Labute approximate surface area is 115 Å². The Kier molecular flexibility index (Phi) is 3.14. The number of aliphatic imine (C=N–C) groups is 1. The second-order valence-electron chi connectivity index (χ2n) is 4.32. The van der Waals surface area contributed by atoms with Crippen LogP contribution in [0.3, 0.4) is 0 Å². The van der Waals surface area contributed by atoms with Crippen LogP contribution in [0.15, 0.2) is 53.8 Å². The van der Waals surface area contributed by atoms with E-state index >= 15 is 0 Å². The summed E-state index contributed by atoms with van der Waals surface area (Å²) in [6, 6.07) is 10.4. The average molecular weight is 268 g/mol. The van der Waals surface area contributed by atoms with Gasteiger partial charge in [0.15, 0.2) is 0 Å². The molecule has 0 bridgehead atoms. The molecule has 1 aliphatic rings. The van der Waals surface area contributed by atoms with Crippen molar-refractivity contribution in [3.05, 3.63) is 65.5 Å². The highest BCUT2D eigenvalue weighted by Gasteiger charge is 2.19. The molecule has 1 atom stereocenters. The van der Waals surface area contributed by atoms with Gasteiger partial charge in [-0.05, 0) is 18.2 Å². The zero-order valence-corrected chi connectivity index (χ0v) is 10.4. The largest absolute Gasteiger partial charge is 0.478 e. The summed E-state index contributed by atoms with van der Waals surface area (Å²) >= 11 is 0. The predicted octanol–water partition coefficient (Wildman–Crippen LogP) is 1.33. The lowest BCUT2D eigenvalue weighted by Gasteiger charge is -2.05. The fraction of sp³-hybridized carbons (Fsp3) is 0.0714. The maximum Gasteiger partial charge on any atom is 0.335 e. The van der Waals surface area contributed by atoms with Crippen molar-refractivity contribution < 1.29 is 9.90 Å². The Morgan fingerprint density at radius 3 is 2.90 bits per heavy atom. The number of hydrazine groups is 1. The zero-order chi connectivity index (χ0) is 13.9. The number of carboxylic acids is 1. The molecule has 0 amide bonds. The van der Waals surface area contributed by atoms with Crippen LogP contribution in [0.1, 0.15) is 27.7 Å². The van der Waals surface area contributed by atoms with Crippen LogP contribution in [0.5, 0.6) is 0 Å². The van der Waals surface area contributed by atoms with Crippen LogP contribution < -0.4 is 10.9 Å². The minimum atomic E-state index is -0.956. The third-order valence-corrected chi connectivity index (χ3v) is 2.97. The Balaban J connectivity index is 1.89. The average Bonchev–Trinajstić information content (AvgIpc) is 2.98. The number of carbonyl (C=O) groups is 1. The summed E-state index contributed by atoms with van der Waals surface area (Å²) in [4.78, 5) is 19.5. The van der Waals surface area contributed by atoms with E-state index in [0.717, 1.165) is 11.1 Å². The molecule has 1 aliphatic heterocycles. The maximum absolute atomic E-state index is 11.0. The van der Waals surface area contributed by atoms with E-state index in [2.05, 4.69) is 20.8 Å². The normalized spacial score (nSPS) is 17.4. The lowest BCUT2D eigenvalue weighted by Crippen LogP contribution is -2.32. The van der Waals surface area contributed by atoms with Crippen LogP contribution in [0.2, 0.25) is 0 Å². The SMILES string of the molecule is O=C(O)c1cccc(C2=NC(c3cccnc3)NN2)c1. The van der Waals surface area contributed by atoms with Crippen molar-refractivity contribution in [1.82, 2.24) is 15.8 Å². The van der Waals surface area contributed by atoms with E-state index in [1.807, 2.05) is 18.2 Å². The number of hydrogen-bond acceptors (Lipinski definition) is 5. The van der Waals surface area contributed by atoms with Gasteiger partial charge >= 0.3 is 5.97 Å². The molecule has 0 aliphatic carbocycles. The summed E-state index contributed by atoms with van der Waals surface area (Å²) in [7, 11) is 0. The minimum absolute atomic E-state index is 0.229. The number of benzene rings is 1. The summed E-state index contributed by atoms with van der Waals surface area (Å²) in [5.74, 6) is -0.343. The number of pyridine rings is 1. The van der Waals surface area contributed by atoms with E-state index in [1.165, 1.54) is 0 Å². The van der Waals surface area contributed by atoms with Gasteiger partial charge < -0.3 is 10.5 Å². The van der Waals surface area contributed by atoms with E-state index in [4.69, 9.17) is 5.11 Å². The van der Waals surface area contributed by atoms with Crippen LogP contribution in [-0.2, 0) is 0 Å². The van der Waals surface area contributed by atoms with Gasteiger partial charge in [0.05, 0.1) is 5.56 Å². The molecule has 1 unspecified atom stereocenters. The van der Waals surface area contributed by atoms with Crippen LogP contribution in [0.4, 0.5) is 0 Å². The molecular weight excluding hydrogens is 256 g/mol. The topological polar surface area (TPSA) is 86.6 Å². The highest BCUT2D eigenvalue weighted by molar-refractivity contribution is 6.01. The molecular formula is C14H12N4O2. The number of amidine groups is 1. The third kappa shape index (κ3) is 2.36. The first-order valence-corrected chi connectivity index (χ1v) is 6.07. The minimum Gasteiger partial charge on any atom is -0.478 e. The van der Waals surface area contributed by atoms with Crippen LogP contribution in [0.25, 0.3) is 0 Å². The zero-order valence-electron chi connectivity index (χ0n) is 10.4. The van der Waals surface area contributed by atoms with Gasteiger partial charge in [-0.1, -0.05) is 18.2 Å². The van der Waals surface area contributed by atoms with Crippen molar-refractivity contribution in [2.75, 3.05) is 0 Å². The summed E-state index contributed by atoms with van der Waals surface area (Å²) in [6.45, 7) is 0. The molecule has 20 heavy (non-hydrogen) atoms. The summed E-state index contributed by atoms with van der Waals surface area (Å²) < 4.78 is 0. The third-order valence-electron chi connectivity index (χ3n) is 2.97. The first-order chi connectivity index (χ1) is 9.74. The van der Waals surface area contributed by atoms with Crippen molar-refractivity contribution in [2.24, 2.45) is 4.99 Å². The fourth-order valence-corrected chi connectivity index (χ4v) is 1.97. The molecule has 0 saturated carbocycles. The van der Waals surface area contributed by atoms with Gasteiger partial charge in [-0.2, -0.15) is 0 Å². The van der Waals surface area contributed by atoms with E-state index in [0.29, 0.717) is 5.84 Å². The molecule has 3 N–H and O–H groups in total. The van der Waals surface area contributed by atoms with E-state index in [9.17, 15) is 4.79 Å². The van der Waals surface area contributed by atoms with Gasteiger partial charge in [0.2, 0.25) is 0 Å². The lowest BCUT2D eigenvalue weighted by molar-refractivity contribution is 0.0697. The molecule has 0 fully saturated rings. The molecule has 100 valence electrons. The molecule has 2 aromatic rings. The summed E-state index contributed by atoms with van der Waals surface area (Å²) in [6.07, 6.45) is 3.21. The van der Waals surface area contributed by atoms with Crippen LogP contribution >= 0.6 is 0 Å². The van der Waals surface area contributed by atoms with Crippen molar-refractivity contribution in [1.29, 1.82) is 0 Å². The molecule has 1 aromatic heterocycles. The van der Waals surface area contributed by atoms with Gasteiger partial charge in [0.25, 0.3) is 0 Å². The van der Waals surface area contributed by atoms with Gasteiger partial charge in [-0.25, -0.2) is 15.2 Å². The van der Waals surface area contributed by atoms with E-state index in [-0.39, 0.29) is 11.7 Å². The Hall–Kier alpha value is -2.73. The molecule has 6 heteroatoms. The quantitative estimate of drug-likeness (QED) is 0.782. The van der Waals surface area contributed by atoms with Crippen molar-refractivity contribution in [3.63, 3.8) is 0 Å². The lowest BCUT2D eigenvalue weighted by atomic mass is 10.1. The van der Waals surface area contributed by atoms with Gasteiger partial charge in [-0.15, -0.1) is 0 Å². The molecule has 0 radical (unpaired) electrons. The monoisotopic (exact) mass is 268 g/mol. The van der Waals surface area contributed by atoms with Crippen molar-refractivity contribution >= 4 is 11.8 Å². The number of rotatable bonds is 3. The van der Waals surface area contributed by atoms with Gasteiger partial charge in [0.1, 0.15) is 12.0 Å². The predicted molar refractivity (Wildman–Crippen MR) is 73.2 cm³/mol. The Bertz CT molecular complexity index is 670. The standard InChI is InChI=1S/C14H12N4O2/c19-14(20)10-4-1-3-9(7-10)12-16-13(18-17-12)11-5-2-6-15-8-11/h1-8,13,18H,(H,16,17)(H,19,20).